The molecule has 2 aliphatic heterocycles. The van der Waals surface area contributed by atoms with Crippen molar-refractivity contribution in [2.75, 3.05) is 13.7 Å². The van der Waals surface area contributed by atoms with Crippen LogP contribution in [-0.4, -0.2) is 59.3 Å². The van der Waals surface area contributed by atoms with E-state index in [0.717, 1.165) is 16.9 Å². The highest BCUT2D eigenvalue weighted by atomic mass is 35.5. The van der Waals surface area contributed by atoms with E-state index in [1.807, 2.05) is 30.3 Å². The summed E-state index contributed by atoms with van der Waals surface area (Å²) in [7, 11) is 1.62. The van der Waals surface area contributed by atoms with Gasteiger partial charge in [0.05, 0.1) is 13.7 Å². The van der Waals surface area contributed by atoms with E-state index in [1.165, 1.54) is 0 Å². The molecular weight excluding hydrogens is 410 g/mol. The Bertz CT molecular complexity index is 949. The Hall–Kier alpha value is -2.16. The maximum atomic E-state index is 10.6. The maximum Gasteiger partial charge on any atom is 0.228 e. The monoisotopic (exact) mass is 433 g/mol. The lowest BCUT2D eigenvalue weighted by atomic mass is 9.85. The number of methoxy groups -OCH3 is 1. The van der Waals surface area contributed by atoms with Crippen LogP contribution < -0.4 is 4.74 Å². The second-order valence-corrected chi connectivity index (χ2v) is 7.92. The fourth-order valence-electron chi connectivity index (χ4n) is 4.02. The molecular formula is C22H24ClNO6. The number of halogens is 1. The van der Waals surface area contributed by atoms with Crippen LogP contribution in [0.3, 0.4) is 0 Å². The summed E-state index contributed by atoms with van der Waals surface area (Å²) in [6.45, 7) is 1.19. The number of aliphatic hydroxyl groups is 3. The van der Waals surface area contributed by atoms with Crippen molar-refractivity contribution in [2.45, 2.75) is 43.5 Å². The van der Waals surface area contributed by atoms with Crippen molar-refractivity contribution in [2.24, 2.45) is 4.99 Å². The molecule has 1 saturated heterocycles. The molecule has 0 aromatic heterocycles. The van der Waals surface area contributed by atoms with Crippen molar-refractivity contribution in [3.05, 3.63) is 64.2 Å². The number of fused-ring (bicyclic) bond motifs is 1. The lowest BCUT2D eigenvalue weighted by Gasteiger charge is -2.44. The first kappa shape index (κ1) is 21.1. The average molecular weight is 434 g/mol. The minimum absolute atomic E-state index is 0.330. The van der Waals surface area contributed by atoms with Crippen molar-refractivity contribution < 1.29 is 29.5 Å². The number of rotatable bonds is 5. The quantitative estimate of drug-likeness (QED) is 0.667. The summed E-state index contributed by atoms with van der Waals surface area (Å²) >= 11 is 6.46. The molecule has 0 bridgehead atoms. The van der Waals surface area contributed by atoms with Gasteiger partial charge in [-0.05, 0) is 41.8 Å². The summed E-state index contributed by atoms with van der Waals surface area (Å²) in [6, 6.07) is 13.1. The second-order valence-electron chi connectivity index (χ2n) is 7.52. The van der Waals surface area contributed by atoms with Crippen molar-refractivity contribution in [1.82, 2.24) is 0 Å². The predicted molar refractivity (Wildman–Crippen MR) is 111 cm³/mol. The van der Waals surface area contributed by atoms with Gasteiger partial charge in [-0.25, -0.2) is 4.99 Å². The number of aliphatic hydroxyl groups excluding tert-OH is 3. The Kier molecular flexibility index (Phi) is 5.74. The largest absolute Gasteiger partial charge is 0.497 e. The number of hydrogen-bond acceptors (Lipinski definition) is 7. The van der Waals surface area contributed by atoms with Crippen molar-refractivity contribution >= 4 is 17.5 Å². The Morgan fingerprint density at radius 1 is 1.13 bits per heavy atom. The van der Waals surface area contributed by atoms with Gasteiger partial charge in [-0.2, -0.15) is 0 Å². The molecule has 2 aromatic carbocycles. The topological polar surface area (TPSA) is 101 Å². The number of hydrogen-bond donors (Lipinski definition) is 3. The number of aliphatic imine (C=N–C) groups is 1. The lowest BCUT2D eigenvalue weighted by molar-refractivity contribution is -0.262. The van der Waals surface area contributed by atoms with Crippen LogP contribution in [-0.2, 0) is 21.6 Å². The van der Waals surface area contributed by atoms with E-state index < -0.39 is 36.7 Å². The van der Waals surface area contributed by atoms with Gasteiger partial charge in [-0.15, -0.1) is 0 Å². The fraction of sp³-hybridized carbons (Fsp3) is 0.409. The fourth-order valence-corrected chi connectivity index (χ4v) is 4.20. The van der Waals surface area contributed by atoms with Crippen molar-refractivity contribution in [3.63, 3.8) is 0 Å². The van der Waals surface area contributed by atoms with Gasteiger partial charge in [0.15, 0.2) is 12.0 Å². The third kappa shape index (κ3) is 3.57. The van der Waals surface area contributed by atoms with Gasteiger partial charge in [0.2, 0.25) is 5.72 Å². The molecule has 4 rings (SSSR count). The smallest absolute Gasteiger partial charge is 0.228 e. The summed E-state index contributed by atoms with van der Waals surface area (Å²) < 4.78 is 16.9. The zero-order valence-electron chi connectivity index (χ0n) is 16.7. The van der Waals surface area contributed by atoms with Gasteiger partial charge in [-0.3, -0.25) is 0 Å². The minimum atomic E-state index is -1.38. The van der Waals surface area contributed by atoms with Crippen molar-refractivity contribution in [1.29, 1.82) is 0 Å². The molecule has 30 heavy (non-hydrogen) atoms. The predicted octanol–water partition coefficient (Wildman–Crippen LogP) is 2.02. The summed E-state index contributed by atoms with van der Waals surface area (Å²) in [5.74, 6) is 1.10. The summed E-state index contributed by atoms with van der Waals surface area (Å²) in [4.78, 5) is 4.53. The van der Waals surface area contributed by atoms with Crippen LogP contribution in [0.25, 0.3) is 0 Å². The molecule has 2 unspecified atom stereocenters. The number of benzene rings is 2. The van der Waals surface area contributed by atoms with Gasteiger partial charge in [0.1, 0.15) is 24.1 Å². The van der Waals surface area contributed by atoms with Gasteiger partial charge in [0, 0.05) is 17.5 Å². The van der Waals surface area contributed by atoms with E-state index >= 15 is 0 Å². The average Bonchev–Trinajstić information content (AvgIpc) is 3.10. The molecule has 2 aromatic rings. The van der Waals surface area contributed by atoms with E-state index in [0.29, 0.717) is 22.9 Å². The Balaban J connectivity index is 1.72. The van der Waals surface area contributed by atoms with Gasteiger partial charge < -0.3 is 29.5 Å². The molecule has 160 valence electrons. The van der Waals surface area contributed by atoms with Crippen molar-refractivity contribution in [3.8, 4) is 5.75 Å². The molecule has 8 heteroatoms. The minimum Gasteiger partial charge on any atom is -0.497 e. The highest BCUT2D eigenvalue weighted by Gasteiger charge is 2.59. The Morgan fingerprint density at radius 3 is 2.53 bits per heavy atom. The van der Waals surface area contributed by atoms with Gasteiger partial charge in [0.25, 0.3) is 0 Å². The molecule has 1 fully saturated rings. The second kappa shape index (κ2) is 8.17. The van der Waals surface area contributed by atoms with Gasteiger partial charge in [-0.1, -0.05) is 29.8 Å². The molecule has 5 atom stereocenters. The van der Waals surface area contributed by atoms with Gasteiger partial charge >= 0.3 is 0 Å². The van der Waals surface area contributed by atoms with E-state index in [1.54, 1.807) is 26.2 Å². The van der Waals surface area contributed by atoms with Crippen LogP contribution in [0, 0.1) is 0 Å². The third-order valence-electron chi connectivity index (χ3n) is 5.57. The highest BCUT2D eigenvalue weighted by molar-refractivity contribution is 6.31. The molecule has 3 N–H and O–H groups in total. The standard InChI is InChI=1S/C22H24ClNO6/c1-12-24-22(21(29-12)20(27)19(26)18(11-25)30-22)15-5-8-17(23)14(10-15)9-13-3-6-16(28-2)7-4-13/h3-8,10,18-21,25-27H,9,11H2,1-2H3/t18-,19-,20+,21?,22?/m1/s1. The van der Waals surface area contributed by atoms with Crippen LogP contribution in [0.2, 0.25) is 5.02 Å². The molecule has 0 spiro atoms. The molecule has 7 nitrogen and oxygen atoms in total. The molecule has 0 radical (unpaired) electrons. The summed E-state index contributed by atoms with van der Waals surface area (Å²) in [5.41, 5.74) is 1.13. The zero-order valence-corrected chi connectivity index (χ0v) is 17.4. The Morgan fingerprint density at radius 2 is 1.87 bits per heavy atom. The maximum absolute atomic E-state index is 10.6. The summed E-state index contributed by atoms with van der Waals surface area (Å²) in [5, 5.41) is 31.1. The van der Waals surface area contributed by atoms with E-state index in [9.17, 15) is 15.3 Å². The zero-order chi connectivity index (χ0) is 21.5. The first-order valence-corrected chi connectivity index (χ1v) is 10.1. The van der Waals surface area contributed by atoms with E-state index in [-0.39, 0.29) is 0 Å². The normalized spacial score (nSPS) is 30.4. The lowest BCUT2D eigenvalue weighted by Crippen LogP contribution is -2.61. The summed E-state index contributed by atoms with van der Waals surface area (Å²) in [6.07, 6.45) is -3.95. The molecule has 0 saturated carbocycles. The number of ether oxygens (including phenoxy) is 3. The molecule has 2 heterocycles. The van der Waals surface area contributed by atoms with Crippen LogP contribution in [0.15, 0.2) is 47.5 Å². The van der Waals surface area contributed by atoms with E-state index in [2.05, 4.69) is 4.99 Å². The van der Waals surface area contributed by atoms with E-state index in [4.69, 9.17) is 25.8 Å². The first-order chi connectivity index (χ1) is 14.4. The van der Waals surface area contributed by atoms with Crippen LogP contribution >= 0.6 is 11.6 Å². The third-order valence-corrected chi connectivity index (χ3v) is 5.94. The Labute approximate surface area is 179 Å². The SMILES string of the molecule is COc1ccc(Cc2cc(C34N=C(C)OC3[C@@H](O)[C@H](O)[C@@H](CO)O4)ccc2Cl)cc1. The first-order valence-electron chi connectivity index (χ1n) is 9.67. The molecule has 2 aliphatic rings. The number of nitrogens with zero attached hydrogens (tertiary/aromatic N) is 1. The highest BCUT2D eigenvalue weighted by Crippen LogP contribution is 2.45. The van der Waals surface area contributed by atoms with Crippen LogP contribution in [0.1, 0.15) is 23.6 Å². The van der Waals surface area contributed by atoms with Crippen LogP contribution in [0.5, 0.6) is 5.75 Å². The molecule has 0 aliphatic carbocycles. The van der Waals surface area contributed by atoms with Crippen LogP contribution in [0.4, 0.5) is 0 Å². The molecule has 0 amide bonds.